The number of rotatable bonds is 29. The molecule has 0 bridgehead atoms. The van der Waals surface area contributed by atoms with E-state index in [1.807, 2.05) is 0 Å². The molecule has 0 heterocycles. The molecule has 0 aliphatic rings. The first-order valence-corrected chi connectivity index (χ1v) is 18.3. The standard InChI is InChI=1S/C40H66O2/c1-3-5-7-9-11-13-15-17-19-21-29-37-31-23-25-33-39(37)41-35-27-28-36-42-40-34-26-24-32-38(40)30-22-20-18-16-14-12-10-8-6-4-2/h23-26,31-34H,3-22,27-30,35-36H2,1-2H3. The Morgan fingerprint density at radius 2 is 0.667 bits per heavy atom. The zero-order valence-electron chi connectivity index (χ0n) is 27.8. The highest BCUT2D eigenvalue weighted by Gasteiger charge is 2.05. The summed E-state index contributed by atoms with van der Waals surface area (Å²) in [7, 11) is 0. The lowest BCUT2D eigenvalue weighted by atomic mass is 10.0. The second-order valence-corrected chi connectivity index (χ2v) is 12.5. The zero-order valence-corrected chi connectivity index (χ0v) is 27.8. The number of benzene rings is 2. The van der Waals surface area contributed by atoms with Crippen molar-refractivity contribution in [3.05, 3.63) is 59.7 Å². The topological polar surface area (TPSA) is 18.5 Å². The minimum atomic E-state index is 0.763. The van der Waals surface area contributed by atoms with Gasteiger partial charge in [0.1, 0.15) is 11.5 Å². The fourth-order valence-electron chi connectivity index (χ4n) is 5.88. The Morgan fingerprint density at radius 1 is 0.357 bits per heavy atom. The van der Waals surface area contributed by atoms with Gasteiger partial charge in [-0.3, -0.25) is 0 Å². The molecule has 0 fully saturated rings. The molecule has 0 aliphatic carbocycles. The number of aryl methyl sites for hydroxylation is 2. The lowest BCUT2D eigenvalue weighted by Crippen LogP contribution is -2.05. The Hall–Kier alpha value is -1.96. The van der Waals surface area contributed by atoms with Crippen LogP contribution in [0.15, 0.2) is 48.5 Å². The molecule has 0 spiro atoms. The molecule has 0 saturated carbocycles. The molecule has 0 aromatic heterocycles. The van der Waals surface area contributed by atoms with Crippen LogP contribution in [0.4, 0.5) is 0 Å². The van der Waals surface area contributed by atoms with E-state index in [4.69, 9.17) is 9.47 Å². The molecule has 0 radical (unpaired) electrons. The van der Waals surface area contributed by atoms with E-state index in [9.17, 15) is 0 Å². The van der Waals surface area contributed by atoms with E-state index in [-0.39, 0.29) is 0 Å². The van der Waals surface area contributed by atoms with Gasteiger partial charge >= 0.3 is 0 Å². The Balaban J connectivity index is 1.52. The van der Waals surface area contributed by atoms with E-state index in [0.29, 0.717) is 0 Å². The van der Waals surface area contributed by atoms with Crippen molar-refractivity contribution in [2.45, 2.75) is 168 Å². The number of unbranched alkanes of at least 4 members (excludes halogenated alkanes) is 19. The minimum Gasteiger partial charge on any atom is -0.493 e. The highest BCUT2D eigenvalue weighted by atomic mass is 16.5. The van der Waals surface area contributed by atoms with Gasteiger partial charge in [-0.2, -0.15) is 0 Å². The van der Waals surface area contributed by atoms with Crippen molar-refractivity contribution in [2.75, 3.05) is 13.2 Å². The van der Waals surface area contributed by atoms with Crippen LogP contribution in [-0.4, -0.2) is 13.2 Å². The SMILES string of the molecule is CCCCCCCCCCCCc1ccccc1OCCCCOc1ccccc1CCCCCCCCCCCC. The van der Waals surface area contributed by atoms with Crippen molar-refractivity contribution in [1.29, 1.82) is 0 Å². The molecule has 0 N–H and O–H groups in total. The maximum atomic E-state index is 6.22. The van der Waals surface area contributed by atoms with E-state index >= 15 is 0 Å². The molecular weight excluding hydrogens is 512 g/mol. The van der Waals surface area contributed by atoms with Crippen LogP contribution in [0.25, 0.3) is 0 Å². The summed E-state index contributed by atoms with van der Waals surface area (Å²) in [6.45, 7) is 6.11. The third kappa shape index (κ3) is 18.6. The van der Waals surface area contributed by atoms with Crippen LogP contribution in [0.5, 0.6) is 11.5 Å². The van der Waals surface area contributed by atoms with Crippen molar-refractivity contribution in [3.63, 3.8) is 0 Å². The summed E-state index contributed by atoms with van der Waals surface area (Å²) in [5.74, 6) is 2.16. The van der Waals surface area contributed by atoms with Crippen molar-refractivity contribution in [2.24, 2.45) is 0 Å². The van der Waals surface area contributed by atoms with Gasteiger partial charge in [-0.15, -0.1) is 0 Å². The minimum absolute atomic E-state index is 0.763. The third-order valence-electron chi connectivity index (χ3n) is 8.60. The van der Waals surface area contributed by atoms with Gasteiger partial charge in [0.2, 0.25) is 0 Å². The van der Waals surface area contributed by atoms with Gasteiger partial charge in [0.05, 0.1) is 13.2 Å². The van der Waals surface area contributed by atoms with Crippen LogP contribution in [0.3, 0.4) is 0 Å². The van der Waals surface area contributed by atoms with E-state index in [0.717, 1.165) is 50.4 Å². The second-order valence-electron chi connectivity index (χ2n) is 12.5. The maximum Gasteiger partial charge on any atom is 0.122 e. The molecule has 2 aromatic carbocycles. The van der Waals surface area contributed by atoms with E-state index < -0.39 is 0 Å². The monoisotopic (exact) mass is 579 g/mol. The van der Waals surface area contributed by atoms with Crippen molar-refractivity contribution >= 4 is 0 Å². The molecule has 2 rings (SSSR count). The van der Waals surface area contributed by atoms with Crippen LogP contribution in [0.1, 0.15) is 166 Å². The van der Waals surface area contributed by atoms with Gasteiger partial charge in [0.25, 0.3) is 0 Å². The summed E-state index contributed by atoms with van der Waals surface area (Å²) in [6.07, 6.45) is 31.9. The van der Waals surface area contributed by atoms with Gasteiger partial charge in [-0.1, -0.05) is 166 Å². The Kier molecular flexibility index (Phi) is 23.0. The molecule has 2 aromatic rings. The molecular formula is C40H66O2. The Labute approximate surface area is 261 Å². The average Bonchev–Trinajstić information content (AvgIpc) is 3.02. The fourth-order valence-corrected chi connectivity index (χ4v) is 5.88. The first-order valence-electron chi connectivity index (χ1n) is 18.3. The summed E-state index contributed by atoms with van der Waals surface area (Å²) in [4.78, 5) is 0. The molecule has 238 valence electrons. The lowest BCUT2D eigenvalue weighted by molar-refractivity contribution is 0.263. The Bertz CT molecular complexity index is 789. The summed E-state index contributed by atoms with van der Waals surface area (Å²) in [5.41, 5.74) is 2.74. The maximum absolute atomic E-state index is 6.22. The molecule has 0 atom stereocenters. The quantitative estimate of drug-likeness (QED) is 0.0894. The van der Waals surface area contributed by atoms with Crippen LogP contribution >= 0.6 is 0 Å². The predicted molar refractivity (Wildman–Crippen MR) is 184 cm³/mol. The summed E-state index contributed by atoms with van der Waals surface area (Å²) in [6, 6.07) is 17.3. The highest BCUT2D eigenvalue weighted by molar-refractivity contribution is 5.34. The first kappa shape index (κ1) is 36.2. The van der Waals surface area contributed by atoms with Crippen LogP contribution in [-0.2, 0) is 12.8 Å². The number of hydrogen-bond donors (Lipinski definition) is 0. The van der Waals surface area contributed by atoms with Crippen LogP contribution in [0, 0.1) is 0 Å². The van der Waals surface area contributed by atoms with Gasteiger partial charge in [0.15, 0.2) is 0 Å². The van der Waals surface area contributed by atoms with Crippen LogP contribution in [0.2, 0.25) is 0 Å². The molecule has 2 heteroatoms. The molecule has 0 amide bonds. The smallest absolute Gasteiger partial charge is 0.122 e. The fraction of sp³-hybridized carbons (Fsp3) is 0.700. The molecule has 2 nitrogen and oxygen atoms in total. The number of ether oxygens (including phenoxy) is 2. The molecule has 42 heavy (non-hydrogen) atoms. The Morgan fingerprint density at radius 3 is 1.02 bits per heavy atom. The summed E-state index contributed by atoms with van der Waals surface area (Å²) in [5, 5.41) is 0. The van der Waals surface area contributed by atoms with E-state index in [2.05, 4.69) is 62.4 Å². The lowest BCUT2D eigenvalue weighted by Gasteiger charge is -2.13. The first-order chi connectivity index (χ1) is 20.8. The van der Waals surface area contributed by atoms with Crippen LogP contribution < -0.4 is 9.47 Å². The predicted octanol–water partition coefficient (Wildman–Crippen LogP) is 12.9. The van der Waals surface area contributed by atoms with Gasteiger partial charge in [0, 0.05) is 0 Å². The van der Waals surface area contributed by atoms with Gasteiger partial charge in [-0.25, -0.2) is 0 Å². The average molecular weight is 579 g/mol. The van der Waals surface area contributed by atoms with Gasteiger partial charge in [-0.05, 0) is 61.8 Å². The number of para-hydroxylation sites is 2. The third-order valence-corrected chi connectivity index (χ3v) is 8.60. The van der Waals surface area contributed by atoms with E-state index in [1.165, 1.54) is 140 Å². The molecule has 0 aliphatic heterocycles. The zero-order chi connectivity index (χ0) is 29.8. The number of hydrogen-bond acceptors (Lipinski definition) is 2. The second kappa shape index (κ2) is 26.7. The molecule has 0 unspecified atom stereocenters. The van der Waals surface area contributed by atoms with Crippen molar-refractivity contribution in [3.8, 4) is 11.5 Å². The van der Waals surface area contributed by atoms with Gasteiger partial charge < -0.3 is 9.47 Å². The molecule has 0 saturated heterocycles. The van der Waals surface area contributed by atoms with E-state index in [1.54, 1.807) is 0 Å². The summed E-state index contributed by atoms with van der Waals surface area (Å²) < 4.78 is 12.4. The summed E-state index contributed by atoms with van der Waals surface area (Å²) >= 11 is 0. The van der Waals surface area contributed by atoms with Crippen molar-refractivity contribution in [1.82, 2.24) is 0 Å². The highest BCUT2D eigenvalue weighted by Crippen LogP contribution is 2.23. The van der Waals surface area contributed by atoms with Crippen molar-refractivity contribution < 1.29 is 9.47 Å². The normalized spacial score (nSPS) is 11.2. The largest absolute Gasteiger partial charge is 0.493 e.